The first kappa shape index (κ1) is 13.0. The highest BCUT2D eigenvalue weighted by Gasteiger charge is 2.11. The van der Waals surface area contributed by atoms with Gasteiger partial charge in [-0.1, -0.05) is 0 Å². The molecule has 2 heterocycles. The maximum atomic E-state index is 13.7. The largest absolute Gasteiger partial charge is 0.328 e. The van der Waals surface area contributed by atoms with Crippen molar-refractivity contribution < 1.29 is 8.78 Å². The fraction of sp³-hybridized carbons (Fsp3) is 0.231. The number of aromatic nitrogens is 4. The van der Waals surface area contributed by atoms with E-state index >= 15 is 0 Å². The lowest BCUT2D eigenvalue weighted by atomic mass is 10.2. The molecule has 0 amide bonds. The molecule has 0 unspecified atom stereocenters. The summed E-state index contributed by atoms with van der Waals surface area (Å²) < 4.78 is 30.8. The number of nitrogens with zero attached hydrogens (tertiary/aromatic N) is 3. The molecule has 0 aliphatic rings. The van der Waals surface area contributed by atoms with Crippen molar-refractivity contribution in [3.8, 4) is 0 Å². The number of imidazole rings is 1. The molecule has 7 heteroatoms. The lowest BCUT2D eigenvalue weighted by Gasteiger charge is -2.03. The van der Waals surface area contributed by atoms with Gasteiger partial charge in [-0.3, -0.25) is 4.68 Å². The second-order valence-corrected chi connectivity index (χ2v) is 4.98. The highest BCUT2D eigenvalue weighted by molar-refractivity contribution is 7.71. The molecule has 0 fully saturated rings. The Hall–Kier alpha value is -2.02. The fourth-order valence-electron chi connectivity index (χ4n) is 2.23. The Labute approximate surface area is 118 Å². The van der Waals surface area contributed by atoms with Crippen molar-refractivity contribution in [3.63, 3.8) is 0 Å². The van der Waals surface area contributed by atoms with E-state index in [1.807, 2.05) is 19.3 Å². The zero-order valence-electron chi connectivity index (χ0n) is 10.7. The van der Waals surface area contributed by atoms with Gasteiger partial charge >= 0.3 is 0 Å². The van der Waals surface area contributed by atoms with Crippen LogP contribution in [-0.4, -0.2) is 19.3 Å². The SMILES string of the molecule is Cn1ccc(CCn2c(=S)[nH]c3c(F)cc(F)cc32)n1. The summed E-state index contributed by atoms with van der Waals surface area (Å²) in [5, 5.41) is 4.27. The van der Waals surface area contributed by atoms with Crippen LogP contribution in [0.3, 0.4) is 0 Å². The molecule has 3 rings (SSSR count). The number of aromatic amines is 1. The van der Waals surface area contributed by atoms with Gasteiger partial charge in [0.2, 0.25) is 0 Å². The second kappa shape index (κ2) is 4.82. The monoisotopic (exact) mass is 294 g/mol. The molecule has 0 bridgehead atoms. The van der Waals surface area contributed by atoms with Gasteiger partial charge in [-0.05, 0) is 24.4 Å². The van der Waals surface area contributed by atoms with Crippen molar-refractivity contribution in [3.05, 3.63) is 46.5 Å². The van der Waals surface area contributed by atoms with Crippen molar-refractivity contribution in [2.24, 2.45) is 7.05 Å². The predicted molar refractivity (Wildman–Crippen MR) is 74.0 cm³/mol. The van der Waals surface area contributed by atoms with Crippen LogP contribution in [0.4, 0.5) is 8.78 Å². The molecular weight excluding hydrogens is 282 g/mol. The van der Waals surface area contributed by atoms with Gasteiger partial charge in [0, 0.05) is 32.3 Å². The average Bonchev–Trinajstić information content (AvgIpc) is 2.91. The Kier molecular flexibility index (Phi) is 3.13. The van der Waals surface area contributed by atoms with Crippen molar-refractivity contribution in [1.82, 2.24) is 19.3 Å². The van der Waals surface area contributed by atoms with E-state index in [-0.39, 0.29) is 5.52 Å². The molecule has 0 aliphatic carbocycles. The summed E-state index contributed by atoms with van der Waals surface area (Å²) in [5.74, 6) is -1.25. The minimum atomic E-state index is -0.636. The first-order chi connectivity index (χ1) is 9.54. The van der Waals surface area contributed by atoms with Crippen LogP contribution in [0.2, 0.25) is 0 Å². The number of fused-ring (bicyclic) bond motifs is 1. The average molecular weight is 294 g/mol. The highest BCUT2D eigenvalue weighted by atomic mass is 32.1. The molecule has 2 aromatic heterocycles. The maximum Gasteiger partial charge on any atom is 0.178 e. The van der Waals surface area contributed by atoms with Crippen LogP contribution >= 0.6 is 12.2 Å². The maximum absolute atomic E-state index is 13.7. The van der Waals surface area contributed by atoms with Crippen molar-refractivity contribution in [2.45, 2.75) is 13.0 Å². The number of hydrogen-bond acceptors (Lipinski definition) is 2. The van der Waals surface area contributed by atoms with E-state index in [0.29, 0.717) is 23.3 Å². The first-order valence-electron chi connectivity index (χ1n) is 6.10. The van der Waals surface area contributed by atoms with Crippen LogP contribution < -0.4 is 0 Å². The standard InChI is InChI=1S/C13H12F2N4S/c1-18-4-2-9(17-18)3-5-19-11-7-8(14)6-10(15)12(11)16-13(19)20/h2,4,6-7H,3,5H2,1H3,(H,16,20). The highest BCUT2D eigenvalue weighted by Crippen LogP contribution is 2.19. The molecule has 0 aliphatic heterocycles. The zero-order valence-corrected chi connectivity index (χ0v) is 11.5. The molecule has 0 saturated carbocycles. The van der Waals surface area contributed by atoms with E-state index in [1.54, 1.807) is 9.25 Å². The van der Waals surface area contributed by atoms with Crippen molar-refractivity contribution in [1.29, 1.82) is 0 Å². The van der Waals surface area contributed by atoms with Gasteiger partial charge < -0.3 is 9.55 Å². The lowest BCUT2D eigenvalue weighted by Crippen LogP contribution is -2.02. The van der Waals surface area contributed by atoms with Crippen LogP contribution in [0.5, 0.6) is 0 Å². The molecule has 0 radical (unpaired) electrons. The third-order valence-corrected chi connectivity index (χ3v) is 3.48. The van der Waals surface area contributed by atoms with E-state index in [0.717, 1.165) is 11.8 Å². The van der Waals surface area contributed by atoms with Crippen LogP contribution in [0, 0.1) is 16.4 Å². The minimum absolute atomic E-state index is 0.234. The molecule has 4 nitrogen and oxygen atoms in total. The lowest BCUT2D eigenvalue weighted by molar-refractivity contribution is 0.589. The third kappa shape index (κ3) is 2.24. The van der Waals surface area contributed by atoms with Crippen molar-refractivity contribution >= 4 is 23.3 Å². The van der Waals surface area contributed by atoms with E-state index in [9.17, 15) is 8.78 Å². The van der Waals surface area contributed by atoms with E-state index in [2.05, 4.69) is 10.1 Å². The van der Waals surface area contributed by atoms with Gasteiger partial charge in [0.25, 0.3) is 0 Å². The summed E-state index contributed by atoms with van der Waals surface area (Å²) in [7, 11) is 1.84. The number of benzene rings is 1. The Morgan fingerprint density at radius 3 is 2.85 bits per heavy atom. The topological polar surface area (TPSA) is 38.5 Å². The van der Waals surface area contributed by atoms with Crippen LogP contribution in [0.15, 0.2) is 24.4 Å². The summed E-state index contributed by atoms with van der Waals surface area (Å²) in [5.41, 5.74) is 1.57. The second-order valence-electron chi connectivity index (χ2n) is 4.59. The first-order valence-corrected chi connectivity index (χ1v) is 6.51. The molecule has 104 valence electrons. The van der Waals surface area contributed by atoms with Gasteiger partial charge in [0.05, 0.1) is 11.2 Å². The molecule has 3 aromatic rings. The molecule has 0 spiro atoms. The third-order valence-electron chi connectivity index (χ3n) is 3.16. The summed E-state index contributed by atoms with van der Waals surface area (Å²) in [6, 6.07) is 4.03. The van der Waals surface area contributed by atoms with Gasteiger partial charge in [0.1, 0.15) is 11.3 Å². The summed E-state index contributed by atoms with van der Waals surface area (Å²) in [4.78, 5) is 2.77. The number of H-pyrrole nitrogens is 1. The normalized spacial score (nSPS) is 11.3. The number of hydrogen-bond donors (Lipinski definition) is 1. The number of nitrogens with one attached hydrogen (secondary N) is 1. The molecule has 1 aromatic carbocycles. The Balaban J connectivity index is 1.98. The van der Waals surface area contributed by atoms with Crippen LogP contribution in [0.1, 0.15) is 5.69 Å². The zero-order chi connectivity index (χ0) is 14.3. The predicted octanol–water partition coefficient (Wildman–Crippen LogP) is 2.95. The van der Waals surface area contributed by atoms with Gasteiger partial charge in [-0.25, -0.2) is 8.78 Å². The number of aryl methyl sites for hydroxylation is 3. The van der Waals surface area contributed by atoms with E-state index in [1.165, 1.54) is 6.07 Å². The van der Waals surface area contributed by atoms with E-state index in [4.69, 9.17) is 12.2 Å². The number of halogens is 2. The molecule has 0 atom stereocenters. The van der Waals surface area contributed by atoms with Gasteiger partial charge in [-0.15, -0.1) is 0 Å². The van der Waals surface area contributed by atoms with Crippen LogP contribution in [0.25, 0.3) is 11.0 Å². The fourth-order valence-corrected chi connectivity index (χ4v) is 2.52. The molecular formula is C13H12F2N4S. The summed E-state index contributed by atoms with van der Waals surface area (Å²) in [6.07, 6.45) is 2.49. The Bertz CT molecular complexity index is 831. The Morgan fingerprint density at radius 1 is 1.35 bits per heavy atom. The molecule has 1 N–H and O–H groups in total. The minimum Gasteiger partial charge on any atom is -0.328 e. The van der Waals surface area contributed by atoms with Gasteiger partial charge in [-0.2, -0.15) is 5.10 Å². The van der Waals surface area contributed by atoms with Crippen molar-refractivity contribution in [2.75, 3.05) is 0 Å². The molecule has 0 saturated heterocycles. The summed E-state index contributed by atoms with van der Waals surface area (Å²) in [6.45, 7) is 0.513. The smallest absolute Gasteiger partial charge is 0.178 e. The Morgan fingerprint density at radius 2 is 2.15 bits per heavy atom. The molecule has 20 heavy (non-hydrogen) atoms. The van der Waals surface area contributed by atoms with Crippen LogP contribution in [-0.2, 0) is 20.0 Å². The van der Waals surface area contributed by atoms with E-state index < -0.39 is 11.6 Å². The number of rotatable bonds is 3. The van der Waals surface area contributed by atoms with Gasteiger partial charge in [0.15, 0.2) is 10.6 Å². The quantitative estimate of drug-likeness (QED) is 0.754. The summed E-state index contributed by atoms with van der Waals surface area (Å²) >= 11 is 5.17.